The standard InChI is InChI=1S/C23H15F10N3O2S/c1-3-15-17(11-12(2)18-16(21(25,26)27)5-4-10-34-18)39(37,38)36-19(15)35-14-8-6-13(7-9-14)20(24,22(28,29)30)23(31,32)33/h3-11H,2H2,1H3,(H,35,36)/b15-3+,17-11+. The van der Waals surface area contributed by atoms with Gasteiger partial charge >= 0.3 is 24.2 Å². The molecule has 5 nitrogen and oxygen atoms in total. The van der Waals surface area contributed by atoms with Gasteiger partial charge in [-0.3, -0.25) is 4.98 Å². The molecule has 0 fully saturated rings. The molecule has 0 atom stereocenters. The van der Waals surface area contributed by atoms with Crippen molar-refractivity contribution in [3.05, 3.63) is 88.6 Å². The highest BCUT2D eigenvalue weighted by molar-refractivity contribution is 7.95. The summed E-state index contributed by atoms with van der Waals surface area (Å²) in [6, 6.07) is 3.41. The Bertz CT molecular complexity index is 1470. The molecule has 0 spiro atoms. The molecule has 0 saturated heterocycles. The molecular weight excluding hydrogens is 572 g/mol. The minimum Gasteiger partial charge on any atom is -0.339 e. The van der Waals surface area contributed by atoms with Crippen molar-refractivity contribution in [1.29, 1.82) is 0 Å². The SMILES string of the molecule is C=C(/C=C1\C(=C/C)C(Nc2ccc(C(F)(C(F)(F)F)C(F)(F)F)cc2)=NS1(=O)=O)c1ncccc1C(F)(F)F. The van der Waals surface area contributed by atoms with Crippen molar-refractivity contribution in [1.82, 2.24) is 4.98 Å². The van der Waals surface area contributed by atoms with Gasteiger partial charge in [-0.1, -0.05) is 24.8 Å². The highest BCUT2D eigenvalue weighted by Gasteiger charge is 2.73. The zero-order valence-corrected chi connectivity index (χ0v) is 20.1. The number of amidine groups is 1. The largest absolute Gasteiger partial charge is 0.435 e. The number of allylic oxidation sites excluding steroid dienone is 3. The molecule has 0 unspecified atom stereocenters. The topological polar surface area (TPSA) is 71.4 Å². The lowest BCUT2D eigenvalue weighted by Crippen LogP contribution is -2.50. The number of sulfonamides is 1. The van der Waals surface area contributed by atoms with E-state index in [4.69, 9.17) is 0 Å². The van der Waals surface area contributed by atoms with E-state index in [-0.39, 0.29) is 23.4 Å². The Morgan fingerprint density at radius 3 is 1.97 bits per heavy atom. The van der Waals surface area contributed by atoms with E-state index in [0.717, 1.165) is 18.3 Å². The maximum Gasteiger partial charge on any atom is 0.435 e. The van der Waals surface area contributed by atoms with Gasteiger partial charge < -0.3 is 5.32 Å². The predicted octanol–water partition coefficient (Wildman–Crippen LogP) is 7.09. The molecule has 0 bridgehead atoms. The molecule has 0 radical (unpaired) electrons. The lowest BCUT2D eigenvalue weighted by molar-refractivity contribution is -0.348. The average Bonchev–Trinajstić information content (AvgIpc) is 3.05. The van der Waals surface area contributed by atoms with Crippen molar-refractivity contribution >= 4 is 27.1 Å². The Kier molecular flexibility index (Phi) is 7.51. The maximum absolute atomic E-state index is 14.2. The van der Waals surface area contributed by atoms with E-state index in [0.29, 0.717) is 18.2 Å². The summed E-state index contributed by atoms with van der Waals surface area (Å²) in [5, 5.41) is 2.38. The van der Waals surface area contributed by atoms with Gasteiger partial charge in [0.15, 0.2) is 5.84 Å². The number of anilines is 1. The summed E-state index contributed by atoms with van der Waals surface area (Å²) in [6.07, 6.45) is -14.5. The minimum absolute atomic E-state index is 0.199. The lowest BCUT2D eigenvalue weighted by atomic mass is 9.94. The first-order valence-corrected chi connectivity index (χ1v) is 11.8. The number of benzene rings is 1. The van der Waals surface area contributed by atoms with Gasteiger partial charge in [0, 0.05) is 23.0 Å². The number of alkyl halides is 10. The molecule has 210 valence electrons. The highest BCUT2D eigenvalue weighted by atomic mass is 32.2. The van der Waals surface area contributed by atoms with Gasteiger partial charge in [-0.05, 0) is 42.8 Å². The summed E-state index contributed by atoms with van der Waals surface area (Å²) in [6.45, 7) is 4.79. The highest BCUT2D eigenvalue weighted by Crippen LogP contribution is 2.53. The van der Waals surface area contributed by atoms with Gasteiger partial charge in [0.05, 0.1) is 11.3 Å². The Balaban J connectivity index is 1.96. The zero-order chi connectivity index (χ0) is 29.6. The number of aromatic nitrogens is 1. The first-order valence-electron chi connectivity index (χ1n) is 10.4. The Hall–Kier alpha value is -3.69. The van der Waals surface area contributed by atoms with E-state index in [2.05, 4.69) is 21.3 Å². The van der Waals surface area contributed by atoms with E-state index in [1.807, 2.05) is 0 Å². The summed E-state index contributed by atoms with van der Waals surface area (Å²) in [7, 11) is -4.55. The van der Waals surface area contributed by atoms with Crippen LogP contribution in [0.4, 0.5) is 49.6 Å². The van der Waals surface area contributed by atoms with Crippen LogP contribution in [0.1, 0.15) is 23.7 Å². The Morgan fingerprint density at radius 1 is 0.923 bits per heavy atom. The van der Waals surface area contributed by atoms with Crippen LogP contribution in [-0.4, -0.2) is 31.6 Å². The number of hydrogen-bond donors (Lipinski definition) is 1. The molecule has 2 heterocycles. The van der Waals surface area contributed by atoms with E-state index >= 15 is 0 Å². The smallest absolute Gasteiger partial charge is 0.339 e. The Labute approximate surface area is 214 Å². The second kappa shape index (κ2) is 9.81. The van der Waals surface area contributed by atoms with Crippen molar-refractivity contribution in [2.75, 3.05) is 5.32 Å². The van der Waals surface area contributed by atoms with Crippen LogP contribution >= 0.6 is 0 Å². The van der Waals surface area contributed by atoms with E-state index in [9.17, 15) is 52.3 Å². The molecule has 16 heteroatoms. The lowest BCUT2D eigenvalue weighted by Gasteiger charge is -2.30. The number of rotatable bonds is 4. The van der Waals surface area contributed by atoms with Crippen molar-refractivity contribution in [3.63, 3.8) is 0 Å². The second-order valence-electron chi connectivity index (χ2n) is 7.90. The normalized spacial score (nSPS) is 18.4. The molecule has 0 amide bonds. The average molecular weight is 587 g/mol. The van der Waals surface area contributed by atoms with E-state index in [1.165, 1.54) is 13.0 Å². The number of hydrogen-bond acceptors (Lipinski definition) is 4. The second-order valence-corrected chi connectivity index (χ2v) is 9.48. The molecular formula is C23H15F10N3O2S. The third-order valence-electron chi connectivity index (χ3n) is 5.35. The fourth-order valence-electron chi connectivity index (χ4n) is 3.52. The number of nitrogens with zero attached hydrogens (tertiary/aromatic N) is 2. The van der Waals surface area contributed by atoms with Gasteiger partial charge in [0.25, 0.3) is 10.0 Å². The monoisotopic (exact) mass is 587 g/mol. The predicted molar refractivity (Wildman–Crippen MR) is 121 cm³/mol. The summed E-state index contributed by atoms with van der Waals surface area (Å²) in [4.78, 5) is 3.01. The van der Waals surface area contributed by atoms with Crippen LogP contribution in [0.2, 0.25) is 0 Å². The van der Waals surface area contributed by atoms with Crippen molar-refractivity contribution in [3.8, 4) is 0 Å². The summed E-state index contributed by atoms with van der Waals surface area (Å²) in [5.74, 6) is -0.459. The molecule has 1 N–H and O–H groups in total. The Morgan fingerprint density at radius 2 is 1.49 bits per heavy atom. The maximum atomic E-state index is 14.2. The van der Waals surface area contributed by atoms with Crippen LogP contribution in [0.25, 0.3) is 5.57 Å². The minimum atomic E-state index is -6.33. The van der Waals surface area contributed by atoms with E-state index in [1.54, 1.807) is 0 Å². The molecule has 2 aromatic rings. The number of halogens is 10. The summed E-state index contributed by atoms with van der Waals surface area (Å²) in [5.41, 5.74) is -10.2. The first-order chi connectivity index (χ1) is 17.7. The van der Waals surface area contributed by atoms with Gasteiger partial charge in [-0.15, -0.1) is 4.40 Å². The van der Waals surface area contributed by atoms with Gasteiger partial charge in [0.2, 0.25) is 0 Å². The number of pyridine rings is 1. The molecule has 1 aromatic carbocycles. The molecule has 1 aromatic heterocycles. The quantitative estimate of drug-likeness (QED) is 0.388. The van der Waals surface area contributed by atoms with Crippen molar-refractivity contribution in [2.45, 2.75) is 31.1 Å². The summed E-state index contributed by atoms with van der Waals surface area (Å²) >= 11 is 0. The number of nitrogens with one attached hydrogen (secondary N) is 1. The van der Waals surface area contributed by atoms with Gasteiger partial charge in [-0.25, -0.2) is 4.39 Å². The van der Waals surface area contributed by atoms with Crippen LogP contribution < -0.4 is 5.32 Å². The molecule has 3 rings (SSSR count). The first kappa shape index (κ1) is 29.9. The molecule has 1 aliphatic rings. The fourth-order valence-corrected chi connectivity index (χ4v) is 4.79. The molecule has 0 aliphatic carbocycles. The molecule has 0 saturated carbocycles. The van der Waals surface area contributed by atoms with Gasteiger partial charge in [0.1, 0.15) is 4.91 Å². The fraction of sp³-hybridized carbons (Fsp3) is 0.217. The van der Waals surface area contributed by atoms with Crippen LogP contribution in [0.3, 0.4) is 0 Å². The summed E-state index contributed by atoms with van der Waals surface area (Å²) < 4.78 is 161. The van der Waals surface area contributed by atoms with Crippen LogP contribution in [0, 0.1) is 0 Å². The molecule has 39 heavy (non-hydrogen) atoms. The van der Waals surface area contributed by atoms with Crippen LogP contribution in [-0.2, 0) is 21.9 Å². The third-order valence-corrected chi connectivity index (χ3v) is 6.66. The van der Waals surface area contributed by atoms with Crippen molar-refractivity contribution < 1.29 is 52.3 Å². The third kappa shape index (κ3) is 5.55. The zero-order valence-electron chi connectivity index (χ0n) is 19.3. The van der Waals surface area contributed by atoms with Crippen molar-refractivity contribution in [2.24, 2.45) is 4.40 Å². The van der Waals surface area contributed by atoms with E-state index < -0.39 is 67.4 Å². The van der Waals surface area contributed by atoms with Gasteiger partial charge in [-0.2, -0.15) is 47.9 Å². The van der Waals surface area contributed by atoms with Crippen LogP contribution in [0.15, 0.2) is 76.2 Å². The van der Waals surface area contributed by atoms with Crippen LogP contribution in [0.5, 0.6) is 0 Å². The molecule has 1 aliphatic heterocycles.